The molecule has 1 rings (SSSR count). The summed E-state index contributed by atoms with van der Waals surface area (Å²) in [6.07, 6.45) is 2.57. The second kappa shape index (κ2) is 5.98. The van der Waals surface area contributed by atoms with E-state index >= 15 is 0 Å². The maximum Gasteiger partial charge on any atom is 0.304 e. The first kappa shape index (κ1) is 12.3. The largest absolute Gasteiger partial charge is 0.481 e. The summed E-state index contributed by atoms with van der Waals surface area (Å²) in [6.45, 7) is 1.96. The lowest BCUT2D eigenvalue weighted by Gasteiger charge is -2.11. The fraction of sp³-hybridized carbons (Fsp3) is 0.400. The van der Waals surface area contributed by atoms with E-state index in [4.69, 9.17) is 16.7 Å². The summed E-state index contributed by atoms with van der Waals surface area (Å²) >= 11 is 7.35. The number of carbonyl (C=O) groups is 1. The molecule has 0 saturated heterocycles. The first-order chi connectivity index (χ1) is 7.13. The van der Waals surface area contributed by atoms with E-state index in [1.54, 1.807) is 18.3 Å². The molecule has 1 N–H and O–H groups in total. The van der Waals surface area contributed by atoms with Crippen LogP contribution in [0.2, 0.25) is 5.02 Å². The third-order valence-electron chi connectivity index (χ3n) is 1.86. The predicted octanol–water partition coefficient (Wildman–Crippen LogP) is 3.08. The van der Waals surface area contributed by atoms with Gasteiger partial charge in [0.05, 0.1) is 11.4 Å². The standard InChI is InChI=1S/C10H12ClNO2S/c1-2-7(6-9(13)14)15-10-8(11)4-3-5-12-10/h3-5,7H,2,6H2,1H3,(H,13,14). The van der Waals surface area contributed by atoms with Crippen molar-refractivity contribution in [3.05, 3.63) is 23.4 Å². The number of thioether (sulfide) groups is 1. The van der Waals surface area contributed by atoms with Crippen LogP contribution in [0.1, 0.15) is 19.8 Å². The van der Waals surface area contributed by atoms with Crippen LogP contribution in [0.5, 0.6) is 0 Å². The van der Waals surface area contributed by atoms with Gasteiger partial charge in [0.15, 0.2) is 0 Å². The van der Waals surface area contributed by atoms with Crippen LogP contribution >= 0.6 is 23.4 Å². The summed E-state index contributed by atoms with van der Waals surface area (Å²) in [5.41, 5.74) is 0. The molecule has 0 aliphatic rings. The van der Waals surface area contributed by atoms with Gasteiger partial charge in [-0.2, -0.15) is 0 Å². The lowest BCUT2D eigenvalue weighted by atomic mass is 10.2. The predicted molar refractivity (Wildman–Crippen MR) is 61.4 cm³/mol. The summed E-state index contributed by atoms with van der Waals surface area (Å²) in [5.74, 6) is -0.790. The third kappa shape index (κ3) is 4.10. The van der Waals surface area contributed by atoms with E-state index in [0.717, 1.165) is 6.42 Å². The molecule has 0 amide bonds. The molecule has 0 aliphatic heterocycles. The van der Waals surface area contributed by atoms with Gasteiger partial charge >= 0.3 is 5.97 Å². The Labute approximate surface area is 97.9 Å². The number of carboxylic acid groups (broad SMARTS) is 1. The Bertz CT molecular complexity index is 346. The number of halogens is 1. The van der Waals surface area contributed by atoms with E-state index in [1.165, 1.54) is 11.8 Å². The summed E-state index contributed by atoms with van der Waals surface area (Å²) in [6, 6.07) is 3.51. The molecule has 0 fully saturated rings. The molecule has 3 nitrogen and oxygen atoms in total. The summed E-state index contributed by atoms with van der Waals surface area (Å²) in [5, 5.41) is 10.00. The molecule has 1 atom stereocenters. The van der Waals surface area contributed by atoms with Crippen LogP contribution in [-0.2, 0) is 4.79 Å². The van der Waals surface area contributed by atoms with E-state index in [9.17, 15) is 4.79 Å². The minimum Gasteiger partial charge on any atom is -0.481 e. The zero-order valence-electron chi connectivity index (χ0n) is 8.31. The van der Waals surface area contributed by atoms with Crippen molar-refractivity contribution in [3.63, 3.8) is 0 Å². The lowest BCUT2D eigenvalue weighted by molar-refractivity contribution is -0.136. The van der Waals surface area contributed by atoms with Crippen LogP contribution in [0, 0.1) is 0 Å². The van der Waals surface area contributed by atoms with Crippen molar-refractivity contribution in [3.8, 4) is 0 Å². The quantitative estimate of drug-likeness (QED) is 0.810. The van der Waals surface area contributed by atoms with Gasteiger partial charge in [-0.25, -0.2) is 4.98 Å². The van der Waals surface area contributed by atoms with Crippen molar-refractivity contribution in [1.29, 1.82) is 0 Å². The molecule has 0 saturated carbocycles. The van der Waals surface area contributed by atoms with Gasteiger partial charge in [0, 0.05) is 11.4 Å². The van der Waals surface area contributed by atoms with Crippen LogP contribution in [0.15, 0.2) is 23.4 Å². The molecule has 82 valence electrons. The molecule has 1 aromatic rings. The number of aromatic nitrogens is 1. The average molecular weight is 246 g/mol. The van der Waals surface area contributed by atoms with E-state index in [2.05, 4.69) is 4.98 Å². The van der Waals surface area contributed by atoms with Crippen LogP contribution in [0.25, 0.3) is 0 Å². The SMILES string of the molecule is CCC(CC(=O)O)Sc1ncccc1Cl. The van der Waals surface area contributed by atoms with Crippen molar-refractivity contribution in [2.45, 2.75) is 30.0 Å². The minimum atomic E-state index is -0.790. The molecule has 1 aromatic heterocycles. The minimum absolute atomic E-state index is 0.0231. The van der Waals surface area contributed by atoms with Gasteiger partial charge in [0.2, 0.25) is 0 Å². The Morgan fingerprint density at radius 1 is 1.73 bits per heavy atom. The van der Waals surface area contributed by atoms with Crippen molar-refractivity contribution in [2.75, 3.05) is 0 Å². The Hall–Kier alpha value is -0.740. The van der Waals surface area contributed by atoms with Gasteiger partial charge in [0.25, 0.3) is 0 Å². The number of hydrogen-bond donors (Lipinski definition) is 1. The van der Waals surface area contributed by atoms with E-state index in [-0.39, 0.29) is 11.7 Å². The lowest BCUT2D eigenvalue weighted by Crippen LogP contribution is -2.08. The maximum atomic E-state index is 10.6. The van der Waals surface area contributed by atoms with E-state index in [0.29, 0.717) is 10.0 Å². The zero-order valence-corrected chi connectivity index (χ0v) is 9.88. The Morgan fingerprint density at radius 3 is 3.00 bits per heavy atom. The first-order valence-electron chi connectivity index (χ1n) is 4.62. The zero-order chi connectivity index (χ0) is 11.3. The van der Waals surface area contributed by atoms with Crippen LogP contribution in [0.3, 0.4) is 0 Å². The Kier molecular flexibility index (Phi) is 4.91. The smallest absolute Gasteiger partial charge is 0.304 e. The number of nitrogens with zero attached hydrogens (tertiary/aromatic N) is 1. The highest BCUT2D eigenvalue weighted by Gasteiger charge is 2.14. The van der Waals surface area contributed by atoms with Gasteiger partial charge in [-0.1, -0.05) is 18.5 Å². The van der Waals surface area contributed by atoms with Gasteiger partial charge in [-0.15, -0.1) is 11.8 Å². The van der Waals surface area contributed by atoms with Crippen molar-refractivity contribution in [2.24, 2.45) is 0 Å². The molecule has 1 unspecified atom stereocenters. The van der Waals surface area contributed by atoms with Crippen molar-refractivity contribution < 1.29 is 9.90 Å². The molecule has 1 heterocycles. The molecule has 15 heavy (non-hydrogen) atoms. The second-order valence-electron chi connectivity index (χ2n) is 3.04. The fourth-order valence-electron chi connectivity index (χ4n) is 1.08. The Balaban J connectivity index is 2.66. The van der Waals surface area contributed by atoms with E-state index < -0.39 is 5.97 Å². The first-order valence-corrected chi connectivity index (χ1v) is 5.88. The summed E-state index contributed by atoms with van der Waals surface area (Å²) in [7, 11) is 0. The highest BCUT2D eigenvalue weighted by Crippen LogP contribution is 2.30. The van der Waals surface area contributed by atoms with E-state index in [1.807, 2.05) is 6.92 Å². The molecular weight excluding hydrogens is 234 g/mol. The summed E-state index contributed by atoms with van der Waals surface area (Å²) in [4.78, 5) is 14.7. The van der Waals surface area contributed by atoms with Gasteiger partial charge in [0.1, 0.15) is 5.03 Å². The fourth-order valence-corrected chi connectivity index (χ4v) is 2.35. The van der Waals surface area contributed by atoms with Crippen LogP contribution < -0.4 is 0 Å². The Morgan fingerprint density at radius 2 is 2.47 bits per heavy atom. The second-order valence-corrected chi connectivity index (χ2v) is 4.73. The molecule has 0 aliphatic carbocycles. The molecular formula is C10H12ClNO2S. The monoisotopic (exact) mass is 245 g/mol. The molecule has 0 radical (unpaired) electrons. The van der Waals surface area contributed by atoms with Crippen molar-refractivity contribution >= 4 is 29.3 Å². The maximum absolute atomic E-state index is 10.6. The number of hydrogen-bond acceptors (Lipinski definition) is 3. The molecule has 0 bridgehead atoms. The van der Waals surface area contributed by atoms with Gasteiger partial charge in [-0.05, 0) is 18.6 Å². The molecule has 0 aromatic carbocycles. The van der Waals surface area contributed by atoms with Crippen LogP contribution in [0.4, 0.5) is 0 Å². The van der Waals surface area contributed by atoms with Gasteiger partial charge in [-0.3, -0.25) is 4.79 Å². The number of carboxylic acids is 1. The average Bonchev–Trinajstić information content (AvgIpc) is 2.19. The van der Waals surface area contributed by atoms with Gasteiger partial charge < -0.3 is 5.11 Å². The van der Waals surface area contributed by atoms with Crippen molar-refractivity contribution in [1.82, 2.24) is 4.98 Å². The number of rotatable bonds is 5. The summed E-state index contributed by atoms with van der Waals surface area (Å²) < 4.78 is 0. The number of pyridine rings is 1. The molecule has 0 spiro atoms. The normalized spacial score (nSPS) is 12.4. The number of aliphatic carboxylic acids is 1. The molecule has 5 heteroatoms. The van der Waals surface area contributed by atoms with Crippen LogP contribution in [-0.4, -0.2) is 21.3 Å². The third-order valence-corrected chi connectivity index (χ3v) is 3.66. The highest BCUT2D eigenvalue weighted by molar-refractivity contribution is 8.00. The topological polar surface area (TPSA) is 50.2 Å². The highest BCUT2D eigenvalue weighted by atomic mass is 35.5.